The molecule has 1 heterocycles. The Morgan fingerprint density at radius 3 is 2.57 bits per heavy atom. The second-order valence-corrected chi connectivity index (χ2v) is 10.8. The highest BCUT2D eigenvalue weighted by molar-refractivity contribution is 6.11. The minimum Gasteiger partial charge on any atom is -0.444 e. The van der Waals surface area contributed by atoms with E-state index >= 15 is 0 Å². The Morgan fingerprint density at radius 1 is 1.16 bits per heavy atom. The fraction of sp³-hybridized carbons (Fsp3) is 0.419. The van der Waals surface area contributed by atoms with Crippen LogP contribution in [0, 0.1) is 18.2 Å². The van der Waals surface area contributed by atoms with Gasteiger partial charge in [0.05, 0.1) is 11.2 Å². The van der Waals surface area contributed by atoms with Crippen molar-refractivity contribution in [3.05, 3.63) is 58.9 Å². The lowest BCUT2D eigenvalue weighted by Gasteiger charge is -2.24. The summed E-state index contributed by atoms with van der Waals surface area (Å²) in [6.07, 6.45) is 9.42. The summed E-state index contributed by atoms with van der Waals surface area (Å²) < 4.78 is 22.3. The molecule has 0 N–H and O–H groups in total. The van der Waals surface area contributed by atoms with E-state index in [2.05, 4.69) is 10.5 Å². The molecule has 0 spiro atoms. The lowest BCUT2D eigenvalue weighted by molar-refractivity contribution is 0.0285. The SMILES string of the molecule is C#CCCCCn1c(-c2ccc(CN(C)C(=O)OC(C)(C)C)cc2)c2c3c(cc(F)cc31)C(=O)CCC2. The fourth-order valence-corrected chi connectivity index (χ4v) is 5.05. The molecule has 1 amide bonds. The van der Waals surface area contributed by atoms with Crippen LogP contribution in [-0.2, 0) is 24.2 Å². The van der Waals surface area contributed by atoms with Crippen LogP contribution < -0.4 is 0 Å². The van der Waals surface area contributed by atoms with E-state index in [4.69, 9.17) is 11.2 Å². The first-order valence-corrected chi connectivity index (χ1v) is 12.9. The first kappa shape index (κ1) is 26.5. The molecule has 0 atom stereocenters. The first-order chi connectivity index (χ1) is 17.6. The van der Waals surface area contributed by atoms with Crippen LogP contribution in [0.1, 0.15) is 74.4 Å². The fourth-order valence-electron chi connectivity index (χ4n) is 5.05. The number of halogens is 1. The molecular formula is C31H35FN2O3. The van der Waals surface area contributed by atoms with Crippen molar-refractivity contribution in [2.75, 3.05) is 7.05 Å². The lowest BCUT2D eigenvalue weighted by atomic mass is 9.99. The van der Waals surface area contributed by atoms with Gasteiger partial charge in [-0.3, -0.25) is 4.79 Å². The maximum absolute atomic E-state index is 14.7. The molecule has 0 unspecified atom stereocenters. The van der Waals surface area contributed by atoms with Gasteiger partial charge in [-0.1, -0.05) is 24.3 Å². The molecule has 0 fully saturated rings. The normalized spacial score (nSPS) is 13.4. The van der Waals surface area contributed by atoms with Crippen molar-refractivity contribution in [3.63, 3.8) is 0 Å². The average molecular weight is 503 g/mol. The summed E-state index contributed by atoms with van der Waals surface area (Å²) in [5.74, 6) is 2.30. The number of carbonyl (C=O) groups is 2. The van der Waals surface area contributed by atoms with Crippen molar-refractivity contribution in [2.24, 2.45) is 0 Å². The van der Waals surface area contributed by atoms with Crippen LogP contribution in [0.4, 0.5) is 9.18 Å². The van der Waals surface area contributed by atoms with Crippen LogP contribution in [-0.4, -0.2) is 34.0 Å². The van der Waals surface area contributed by atoms with Crippen molar-refractivity contribution >= 4 is 22.8 Å². The maximum atomic E-state index is 14.7. The molecular weight excluding hydrogens is 467 g/mol. The van der Waals surface area contributed by atoms with Gasteiger partial charge in [-0.15, -0.1) is 12.3 Å². The molecule has 37 heavy (non-hydrogen) atoms. The Morgan fingerprint density at radius 2 is 1.89 bits per heavy atom. The minimum absolute atomic E-state index is 0.000176. The largest absolute Gasteiger partial charge is 0.444 e. The van der Waals surface area contributed by atoms with Crippen molar-refractivity contribution in [3.8, 4) is 23.6 Å². The molecule has 0 saturated carbocycles. The van der Waals surface area contributed by atoms with E-state index < -0.39 is 11.4 Å². The van der Waals surface area contributed by atoms with E-state index in [0.717, 1.165) is 59.0 Å². The first-order valence-electron chi connectivity index (χ1n) is 12.9. The van der Waals surface area contributed by atoms with Gasteiger partial charge in [0.2, 0.25) is 0 Å². The summed E-state index contributed by atoms with van der Waals surface area (Å²) in [5.41, 5.74) is 4.82. The number of aromatic nitrogens is 1. The maximum Gasteiger partial charge on any atom is 0.410 e. The number of hydrogen-bond acceptors (Lipinski definition) is 3. The topological polar surface area (TPSA) is 51.5 Å². The van der Waals surface area contributed by atoms with Gasteiger partial charge in [-0.05, 0) is 75.3 Å². The number of ketones is 1. The number of carbonyl (C=O) groups excluding carboxylic acids is 2. The molecule has 0 radical (unpaired) electrons. The summed E-state index contributed by atoms with van der Waals surface area (Å²) in [4.78, 5) is 26.8. The summed E-state index contributed by atoms with van der Waals surface area (Å²) >= 11 is 0. The Kier molecular flexibility index (Phi) is 7.73. The van der Waals surface area contributed by atoms with Crippen LogP contribution in [0.25, 0.3) is 22.2 Å². The van der Waals surface area contributed by atoms with Crippen LogP contribution in [0.3, 0.4) is 0 Å². The number of unbranched alkanes of at least 4 members (excludes halogenated alkanes) is 2. The van der Waals surface area contributed by atoms with Crippen LogP contribution in [0.15, 0.2) is 36.4 Å². The van der Waals surface area contributed by atoms with E-state index in [1.54, 1.807) is 18.0 Å². The van der Waals surface area contributed by atoms with E-state index in [9.17, 15) is 14.0 Å². The molecule has 1 aliphatic rings. The minimum atomic E-state index is -0.553. The molecule has 0 saturated heterocycles. The Hall–Kier alpha value is -3.59. The zero-order valence-electron chi connectivity index (χ0n) is 22.2. The number of aryl methyl sites for hydroxylation is 2. The lowest BCUT2D eigenvalue weighted by Crippen LogP contribution is -2.33. The van der Waals surface area contributed by atoms with E-state index in [1.807, 2.05) is 45.0 Å². The van der Waals surface area contributed by atoms with Gasteiger partial charge in [-0.2, -0.15) is 0 Å². The average Bonchev–Trinajstić information content (AvgIpc) is 3.03. The Balaban J connectivity index is 1.73. The highest BCUT2D eigenvalue weighted by atomic mass is 19.1. The molecule has 2 aromatic carbocycles. The Labute approximate surface area is 218 Å². The number of hydrogen-bond donors (Lipinski definition) is 0. The summed E-state index contributed by atoms with van der Waals surface area (Å²) in [6, 6.07) is 11.0. The van der Waals surface area contributed by atoms with Gasteiger partial charge in [0.25, 0.3) is 0 Å². The third-order valence-corrected chi connectivity index (χ3v) is 6.67. The van der Waals surface area contributed by atoms with E-state index in [-0.39, 0.29) is 11.9 Å². The highest BCUT2D eigenvalue weighted by Gasteiger charge is 2.26. The summed E-state index contributed by atoms with van der Waals surface area (Å²) in [7, 11) is 1.72. The summed E-state index contributed by atoms with van der Waals surface area (Å²) in [6.45, 7) is 6.64. The summed E-state index contributed by atoms with van der Waals surface area (Å²) in [5, 5.41) is 0.879. The zero-order valence-corrected chi connectivity index (χ0v) is 22.2. The molecule has 5 nitrogen and oxygen atoms in total. The van der Waals surface area contributed by atoms with Crippen LogP contribution in [0.2, 0.25) is 0 Å². The second-order valence-electron chi connectivity index (χ2n) is 10.8. The number of nitrogens with zero attached hydrogens (tertiary/aromatic N) is 2. The number of terminal acetylenes is 1. The number of rotatable bonds is 7. The van der Waals surface area contributed by atoms with E-state index in [1.165, 1.54) is 6.07 Å². The predicted molar refractivity (Wildman–Crippen MR) is 145 cm³/mol. The number of ether oxygens (including phenoxy) is 1. The zero-order chi connectivity index (χ0) is 26.7. The van der Waals surface area contributed by atoms with Crippen LogP contribution in [0.5, 0.6) is 0 Å². The molecule has 0 bridgehead atoms. The number of Topliss-reactive ketones (excluding diaryl/α,β-unsaturated/α-hetero) is 1. The van der Waals surface area contributed by atoms with Gasteiger partial charge in [0.15, 0.2) is 5.78 Å². The van der Waals surface area contributed by atoms with E-state index in [0.29, 0.717) is 31.5 Å². The van der Waals surface area contributed by atoms with Crippen molar-refractivity contribution in [2.45, 2.75) is 78.0 Å². The van der Waals surface area contributed by atoms with Gasteiger partial charge in [0.1, 0.15) is 11.4 Å². The molecule has 3 aromatic rings. The van der Waals surface area contributed by atoms with Gasteiger partial charge >= 0.3 is 6.09 Å². The monoisotopic (exact) mass is 502 g/mol. The molecule has 0 aliphatic heterocycles. The third-order valence-electron chi connectivity index (χ3n) is 6.67. The molecule has 1 aliphatic carbocycles. The highest BCUT2D eigenvalue weighted by Crippen LogP contribution is 2.40. The smallest absolute Gasteiger partial charge is 0.410 e. The molecule has 6 heteroatoms. The molecule has 194 valence electrons. The van der Waals surface area contributed by atoms with Crippen molar-refractivity contribution < 1.29 is 18.7 Å². The predicted octanol–water partition coefficient (Wildman–Crippen LogP) is 7.14. The van der Waals surface area contributed by atoms with Gasteiger partial charge < -0.3 is 14.2 Å². The third kappa shape index (κ3) is 5.88. The molecule has 1 aromatic heterocycles. The Bertz CT molecular complexity index is 1360. The molecule has 4 rings (SSSR count). The quantitative estimate of drug-likeness (QED) is 0.255. The number of benzene rings is 2. The standard InChI is InChI=1S/C31H35FN2O3/c1-6-7-8-9-17-34-26-19-23(32)18-25-27(35)12-10-11-24(28(25)26)29(34)22-15-13-21(14-16-22)20-33(5)30(36)37-31(2,3)4/h1,13-16,18-19H,7-12,17,20H2,2-5H3. The number of amides is 1. The second kappa shape index (κ2) is 10.8. The van der Waals surface area contributed by atoms with Gasteiger partial charge in [-0.25, -0.2) is 9.18 Å². The van der Waals surface area contributed by atoms with Crippen molar-refractivity contribution in [1.29, 1.82) is 0 Å². The van der Waals surface area contributed by atoms with Gasteiger partial charge in [0, 0.05) is 43.9 Å². The van der Waals surface area contributed by atoms with Crippen molar-refractivity contribution in [1.82, 2.24) is 9.47 Å². The van der Waals surface area contributed by atoms with Crippen LogP contribution >= 0.6 is 0 Å².